The van der Waals surface area contributed by atoms with Crippen molar-refractivity contribution in [3.05, 3.63) is 0 Å². The van der Waals surface area contributed by atoms with Gasteiger partial charge in [-0.3, -0.25) is 0 Å². The van der Waals surface area contributed by atoms with Crippen LogP contribution in [0.2, 0.25) is 0 Å². The predicted molar refractivity (Wildman–Crippen MR) is 68.2 cm³/mol. The van der Waals surface area contributed by atoms with Gasteiger partial charge in [-0.25, -0.2) is 4.79 Å². The van der Waals surface area contributed by atoms with Crippen molar-refractivity contribution in [1.29, 1.82) is 0 Å². The van der Waals surface area contributed by atoms with Crippen LogP contribution < -0.4 is 5.32 Å². The van der Waals surface area contributed by atoms with Crippen molar-refractivity contribution < 1.29 is 9.53 Å². The average Bonchev–Trinajstić information content (AvgIpc) is 2.14. The third-order valence-electron chi connectivity index (χ3n) is 1.52. The van der Waals surface area contributed by atoms with Gasteiger partial charge in [0, 0.05) is 0 Å². The van der Waals surface area contributed by atoms with Gasteiger partial charge < -0.3 is 10.1 Å². The van der Waals surface area contributed by atoms with E-state index in [4.69, 9.17) is 11.2 Å². The molecular formula is C13H25NO2. The molecule has 0 aliphatic carbocycles. The molecule has 0 spiro atoms. The first-order valence-corrected chi connectivity index (χ1v) is 5.72. The summed E-state index contributed by atoms with van der Waals surface area (Å²) in [4.78, 5) is 11.3. The molecule has 1 N–H and O–H groups in total. The van der Waals surface area contributed by atoms with Gasteiger partial charge in [-0.05, 0) is 26.7 Å². The Morgan fingerprint density at radius 1 is 1.31 bits per heavy atom. The van der Waals surface area contributed by atoms with E-state index < -0.39 is 11.7 Å². The van der Waals surface area contributed by atoms with Crippen LogP contribution in [0.1, 0.15) is 48.5 Å². The molecule has 0 saturated heterocycles. The smallest absolute Gasteiger partial charge is 0.408 e. The molecule has 1 amide bonds. The Kier molecular flexibility index (Phi) is 8.66. The Bertz CT molecular complexity index is 233. The summed E-state index contributed by atoms with van der Waals surface area (Å²) in [6.45, 7) is 13.3. The average molecular weight is 227 g/mol. The van der Waals surface area contributed by atoms with Crippen LogP contribution in [0.3, 0.4) is 0 Å². The van der Waals surface area contributed by atoms with Crippen LogP contribution in [0.15, 0.2) is 0 Å². The number of ether oxygens (including phenoxy) is 1. The predicted octanol–water partition coefficient (Wildman–Crippen LogP) is 3.20. The summed E-state index contributed by atoms with van der Waals surface area (Å²) in [5, 5.41) is 2.63. The normalized spacial score (nSPS) is 11.9. The molecule has 1 atom stereocenters. The zero-order chi connectivity index (χ0) is 13.4. The monoisotopic (exact) mass is 227 g/mol. The number of rotatable bonds is 2. The Morgan fingerprint density at radius 3 is 2.00 bits per heavy atom. The molecule has 0 bridgehead atoms. The van der Waals surface area contributed by atoms with Crippen LogP contribution in [0.25, 0.3) is 0 Å². The lowest BCUT2D eigenvalue weighted by molar-refractivity contribution is 0.0506. The van der Waals surface area contributed by atoms with Crippen molar-refractivity contribution in [2.24, 2.45) is 5.92 Å². The van der Waals surface area contributed by atoms with E-state index in [1.807, 2.05) is 48.5 Å². The van der Waals surface area contributed by atoms with Crippen LogP contribution >= 0.6 is 0 Å². The minimum Gasteiger partial charge on any atom is -0.444 e. The summed E-state index contributed by atoms with van der Waals surface area (Å²) >= 11 is 0. The second-order valence-corrected chi connectivity index (χ2v) is 4.53. The Balaban J connectivity index is 0. The van der Waals surface area contributed by atoms with E-state index in [0.717, 1.165) is 0 Å². The highest BCUT2D eigenvalue weighted by Crippen LogP contribution is 2.08. The zero-order valence-corrected chi connectivity index (χ0v) is 11.5. The van der Waals surface area contributed by atoms with Gasteiger partial charge in [0.15, 0.2) is 0 Å². The van der Waals surface area contributed by atoms with Gasteiger partial charge in [-0.2, -0.15) is 0 Å². The van der Waals surface area contributed by atoms with Crippen LogP contribution in [0.5, 0.6) is 0 Å². The molecule has 16 heavy (non-hydrogen) atoms. The van der Waals surface area contributed by atoms with E-state index in [2.05, 4.69) is 11.2 Å². The van der Waals surface area contributed by atoms with Crippen LogP contribution in [0.4, 0.5) is 4.79 Å². The van der Waals surface area contributed by atoms with Crippen molar-refractivity contribution in [2.75, 3.05) is 0 Å². The first-order chi connectivity index (χ1) is 7.26. The molecule has 0 aromatic carbocycles. The van der Waals surface area contributed by atoms with Crippen molar-refractivity contribution in [2.45, 2.75) is 60.1 Å². The van der Waals surface area contributed by atoms with E-state index in [-0.39, 0.29) is 12.0 Å². The third kappa shape index (κ3) is 9.39. The van der Waals surface area contributed by atoms with E-state index in [1.165, 1.54) is 0 Å². The lowest BCUT2D eigenvalue weighted by atomic mass is 10.1. The van der Waals surface area contributed by atoms with Crippen LogP contribution in [0, 0.1) is 18.3 Å². The SMILES string of the molecule is C#CC(NC(=O)OC(C)(C)C)C(C)C.CC. The van der Waals surface area contributed by atoms with Crippen LogP contribution in [-0.2, 0) is 4.74 Å². The van der Waals surface area contributed by atoms with E-state index in [9.17, 15) is 4.79 Å². The van der Waals surface area contributed by atoms with Gasteiger partial charge in [0.25, 0.3) is 0 Å². The fraction of sp³-hybridized carbons (Fsp3) is 0.769. The Morgan fingerprint density at radius 2 is 1.75 bits per heavy atom. The second-order valence-electron chi connectivity index (χ2n) is 4.53. The molecule has 0 radical (unpaired) electrons. The number of terminal acetylenes is 1. The summed E-state index contributed by atoms with van der Waals surface area (Å²) in [7, 11) is 0. The molecule has 0 saturated carbocycles. The lowest BCUT2D eigenvalue weighted by Gasteiger charge is -2.22. The van der Waals surface area contributed by atoms with Crippen LogP contribution in [-0.4, -0.2) is 17.7 Å². The molecule has 0 aromatic rings. The number of alkyl carbamates (subject to hydrolysis) is 1. The fourth-order valence-electron chi connectivity index (χ4n) is 0.835. The van der Waals surface area contributed by atoms with Crippen molar-refractivity contribution in [1.82, 2.24) is 5.32 Å². The van der Waals surface area contributed by atoms with Crippen molar-refractivity contribution in [3.8, 4) is 12.3 Å². The molecule has 3 nitrogen and oxygen atoms in total. The number of carbonyl (C=O) groups excluding carboxylic acids is 1. The fourth-order valence-corrected chi connectivity index (χ4v) is 0.835. The van der Waals surface area contributed by atoms with Crippen molar-refractivity contribution >= 4 is 6.09 Å². The van der Waals surface area contributed by atoms with E-state index in [0.29, 0.717) is 0 Å². The molecule has 0 aliphatic rings. The summed E-state index contributed by atoms with van der Waals surface area (Å²) in [5.41, 5.74) is -0.486. The highest BCUT2D eigenvalue weighted by Gasteiger charge is 2.19. The minimum absolute atomic E-state index is 0.201. The zero-order valence-electron chi connectivity index (χ0n) is 11.5. The molecule has 94 valence electrons. The third-order valence-corrected chi connectivity index (χ3v) is 1.52. The number of carbonyl (C=O) groups is 1. The number of hydrogen-bond acceptors (Lipinski definition) is 2. The maximum atomic E-state index is 11.3. The standard InChI is InChI=1S/C11H19NO2.C2H6/c1-7-9(8(2)3)12-10(13)14-11(4,5)6;1-2/h1,8-9H,2-6H3,(H,12,13);1-2H3. The van der Waals surface area contributed by atoms with Gasteiger partial charge in [0.05, 0.1) is 6.04 Å². The molecule has 1 unspecified atom stereocenters. The minimum atomic E-state index is -0.486. The quantitative estimate of drug-likeness (QED) is 0.736. The topological polar surface area (TPSA) is 38.3 Å². The molecule has 0 aliphatic heterocycles. The summed E-state index contributed by atoms with van der Waals surface area (Å²) in [6.07, 6.45) is 4.80. The molecule has 0 heterocycles. The van der Waals surface area contributed by atoms with Gasteiger partial charge in [-0.1, -0.05) is 33.6 Å². The highest BCUT2D eigenvalue weighted by atomic mass is 16.6. The summed E-state index contributed by atoms with van der Waals surface area (Å²) in [6, 6.07) is -0.273. The van der Waals surface area contributed by atoms with E-state index >= 15 is 0 Å². The second kappa shape index (κ2) is 8.04. The maximum Gasteiger partial charge on any atom is 0.408 e. The van der Waals surface area contributed by atoms with Gasteiger partial charge in [0.2, 0.25) is 0 Å². The highest BCUT2D eigenvalue weighted by molar-refractivity contribution is 5.68. The number of hydrogen-bond donors (Lipinski definition) is 1. The van der Waals surface area contributed by atoms with Crippen molar-refractivity contribution in [3.63, 3.8) is 0 Å². The summed E-state index contributed by atoms with van der Waals surface area (Å²) in [5.74, 6) is 2.71. The first kappa shape index (κ1) is 17.2. The molecular weight excluding hydrogens is 202 g/mol. The Hall–Kier alpha value is -1.17. The van der Waals surface area contributed by atoms with Gasteiger partial charge in [-0.15, -0.1) is 6.42 Å². The number of nitrogens with one attached hydrogen (secondary N) is 1. The molecule has 3 heteroatoms. The molecule has 0 rings (SSSR count). The number of amides is 1. The van der Waals surface area contributed by atoms with E-state index in [1.54, 1.807) is 0 Å². The lowest BCUT2D eigenvalue weighted by Crippen LogP contribution is -2.40. The molecule has 0 aromatic heterocycles. The van der Waals surface area contributed by atoms with Gasteiger partial charge in [0.1, 0.15) is 5.60 Å². The maximum absolute atomic E-state index is 11.3. The first-order valence-electron chi connectivity index (χ1n) is 5.72. The summed E-state index contributed by atoms with van der Waals surface area (Å²) < 4.78 is 5.07. The Labute approximate surface area is 99.9 Å². The largest absolute Gasteiger partial charge is 0.444 e. The molecule has 0 fully saturated rings. The van der Waals surface area contributed by atoms with Gasteiger partial charge >= 0.3 is 6.09 Å².